The van der Waals surface area contributed by atoms with E-state index in [1.807, 2.05) is 67.6 Å². The van der Waals surface area contributed by atoms with Crippen LogP contribution in [0.1, 0.15) is 86.0 Å². The van der Waals surface area contributed by atoms with Gasteiger partial charge in [0, 0.05) is 17.8 Å². The summed E-state index contributed by atoms with van der Waals surface area (Å²) < 4.78 is 5.50. The summed E-state index contributed by atoms with van der Waals surface area (Å²) in [5.41, 5.74) is 4.67. The van der Waals surface area contributed by atoms with Gasteiger partial charge in [0.15, 0.2) is 0 Å². The molecule has 0 spiro atoms. The maximum absolute atomic E-state index is 13.5. The van der Waals surface area contributed by atoms with Crippen molar-refractivity contribution < 1.29 is 19.1 Å². The first-order valence-electron chi connectivity index (χ1n) is 15.0. The molecule has 3 aromatic carbocycles. The maximum atomic E-state index is 13.5. The standard InChI is InChI=1S/C35H41N3O4/c1-4-7-8-10-14-25-19-21-27(22-20-25)33(39)36-29-18-13-17-28(24-29)31-30(34(40)42-6-3)32(26-15-11-9-12-16-26)38(23-5-2)35(41)37-31/h9,11-13,15-22,24,31H,4-8,10,14,23H2,1-3H3,(H,36,39)(H,37,41). The van der Waals surface area contributed by atoms with Crippen molar-refractivity contribution in [1.82, 2.24) is 10.2 Å². The number of nitrogens with one attached hydrogen (secondary N) is 2. The zero-order chi connectivity index (χ0) is 29.9. The summed E-state index contributed by atoms with van der Waals surface area (Å²) in [5.74, 6) is -0.718. The molecule has 3 amide bonds. The summed E-state index contributed by atoms with van der Waals surface area (Å²) >= 11 is 0. The summed E-state index contributed by atoms with van der Waals surface area (Å²) in [5, 5.41) is 5.99. The molecule has 1 atom stereocenters. The minimum atomic E-state index is -0.760. The number of urea groups is 1. The lowest BCUT2D eigenvalue weighted by Gasteiger charge is -2.37. The highest BCUT2D eigenvalue weighted by atomic mass is 16.5. The molecule has 4 rings (SSSR count). The molecule has 220 valence electrons. The predicted molar refractivity (Wildman–Crippen MR) is 167 cm³/mol. The van der Waals surface area contributed by atoms with E-state index in [1.54, 1.807) is 30.0 Å². The van der Waals surface area contributed by atoms with Crippen LogP contribution in [0.4, 0.5) is 10.5 Å². The molecule has 3 aromatic rings. The van der Waals surface area contributed by atoms with Crippen LogP contribution in [0.2, 0.25) is 0 Å². The first kappa shape index (κ1) is 30.6. The van der Waals surface area contributed by atoms with Gasteiger partial charge in [0.2, 0.25) is 0 Å². The van der Waals surface area contributed by atoms with Gasteiger partial charge in [-0.15, -0.1) is 0 Å². The number of ether oxygens (including phenoxy) is 1. The lowest BCUT2D eigenvalue weighted by Crippen LogP contribution is -2.48. The van der Waals surface area contributed by atoms with Crippen LogP contribution in [0, 0.1) is 0 Å². The number of unbranched alkanes of at least 4 members (excludes halogenated alkanes) is 3. The molecule has 0 radical (unpaired) electrons. The molecule has 1 heterocycles. The summed E-state index contributed by atoms with van der Waals surface area (Å²) in [6, 6.07) is 23.3. The molecule has 1 aliphatic rings. The third kappa shape index (κ3) is 7.46. The molecule has 0 saturated carbocycles. The van der Waals surface area contributed by atoms with Crippen molar-refractivity contribution >= 4 is 29.3 Å². The van der Waals surface area contributed by atoms with Gasteiger partial charge < -0.3 is 15.4 Å². The number of rotatable bonds is 13. The molecule has 0 saturated heterocycles. The number of amides is 3. The largest absolute Gasteiger partial charge is 0.463 e. The lowest BCUT2D eigenvalue weighted by molar-refractivity contribution is -0.138. The number of anilines is 1. The Hall–Kier alpha value is -4.39. The average Bonchev–Trinajstić information content (AvgIpc) is 3.01. The van der Waals surface area contributed by atoms with Crippen molar-refractivity contribution in [2.75, 3.05) is 18.5 Å². The van der Waals surface area contributed by atoms with Crippen molar-refractivity contribution in [3.8, 4) is 0 Å². The number of benzene rings is 3. The van der Waals surface area contributed by atoms with Crippen LogP contribution in [0.25, 0.3) is 5.70 Å². The average molecular weight is 568 g/mol. The first-order valence-corrected chi connectivity index (χ1v) is 15.0. The van der Waals surface area contributed by atoms with E-state index in [0.717, 1.165) is 18.4 Å². The smallest absolute Gasteiger partial charge is 0.338 e. The molecule has 2 N–H and O–H groups in total. The van der Waals surface area contributed by atoms with Gasteiger partial charge in [-0.1, -0.05) is 87.7 Å². The van der Waals surface area contributed by atoms with Gasteiger partial charge in [-0.05, 0) is 67.1 Å². The molecule has 0 aromatic heterocycles. The minimum Gasteiger partial charge on any atom is -0.463 e. The molecule has 42 heavy (non-hydrogen) atoms. The molecule has 0 fully saturated rings. The third-order valence-electron chi connectivity index (χ3n) is 7.33. The number of carbonyl (C=O) groups excluding carboxylic acids is 3. The Morgan fingerprint density at radius 1 is 0.881 bits per heavy atom. The van der Waals surface area contributed by atoms with Gasteiger partial charge in [0.1, 0.15) is 0 Å². The SMILES string of the molecule is CCCCCCc1ccc(C(=O)Nc2cccc(C3NC(=O)N(CCC)C(c4ccccc4)=C3C(=O)OCC)c2)cc1. The molecule has 1 aliphatic heterocycles. The zero-order valence-corrected chi connectivity index (χ0v) is 24.8. The fraction of sp³-hybridized carbons (Fsp3) is 0.343. The van der Waals surface area contributed by atoms with Crippen LogP contribution in [0.15, 0.2) is 84.4 Å². The summed E-state index contributed by atoms with van der Waals surface area (Å²) in [6.07, 6.45) is 6.53. The Morgan fingerprint density at radius 2 is 1.64 bits per heavy atom. The molecule has 7 heteroatoms. The highest BCUT2D eigenvalue weighted by Crippen LogP contribution is 2.37. The van der Waals surface area contributed by atoms with Crippen LogP contribution in [0.5, 0.6) is 0 Å². The van der Waals surface area contributed by atoms with E-state index in [9.17, 15) is 14.4 Å². The van der Waals surface area contributed by atoms with Gasteiger partial charge in [-0.3, -0.25) is 9.69 Å². The fourth-order valence-electron chi connectivity index (χ4n) is 5.25. The monoisotopic (exact) mass is 567 g/mol. The van der Waals surface area contributed by atoms with E-state index in [4.69, 9.17) is 4.74 Å². The van der Waals surface area contributed by atoms with Gasteiger partial charge in [-0.25, -0.2) is 9.59 Å². The Labute approximate surface area is 249 Å². The van der Waals surface area contributed by atoms with Gasteiger partial charge in [0.25, 0.3) is 5.91 Å². The van der Waals surface area contributed by atoms with Crippen molar-refractivity contribution in [1.29, 1.82) is 0 Å². The Bertz CT molecular complexity index is 1400. The third-order valence-corrected chi connectivity index (χ3v) is 7.33. The van der Waals surface area contributed by atoms with Crippen LogP contribution < -0.4 is 10.6 Å². The fourth-order valence-corrected chi connectivity index (χ4v) is 5.25. The molecule has 7 nitrogen and oxygen atoms in total. The minimum absolute atomic E-state index is 0.201. The van der Waals surface area contributed by atoms with Crippen LogP contribution in [-0.4, -0.2) is 36.0 Å². The number of hydrogen-bond acceptors (Lipinski definition) is 4. The predicted octanol–water partition coefficient (Wildman–Crippen LogP) is 7.51. The topological polar surface area (TPSA) is 87.7 Å². The number of nitrogens with zero attached hydrogens (tertiary/aromatic N) is 1. The van der Waals surface area contributed by atoms with E-state index in [0.29, 0.717) is 41.1 Å². The van der Waals surface area contributed by atoms with Gasteiger partial charge >= 0.3 is 12.0 Å². The molecule has 0 aliphatic carbocycles. The Balaban J connectivity index is 1.63. The van der Waals surface area contributed by atoms with Crippen LogP contribution in [0.3, 0.4) is 0 Å². The van der Waals surface area contributed by atoms with Gasteiger partial charge in [0.05, 0.1) is 23.9 Å². The van der Waals surface area contributed by atoms with E-state index in [-0.39, 0.29) is 18.5 Å². The summed E-state index contributed by atoms with van der Waals surface area (Å²) in [4.78, 5) is 41.6. The van der Waals surface area contributed by atoms with Gasteiger partial charge in [-0.2, -0.15) is 0 Å². The van der Waals surface area contributed by atoms with E-state index in [2.05, 4.69) is 17.6 Å². The molecular formula is C35H41N3O4. The Morgan fingerprint density at radius 3 is 2.33 bits per heavy atom. The van der Waals surface area contributed by atoms with Crippen molar-refractivity contribution in [3.05, 3.63) is 107 Å². The van der Waals surface area contributed by atoms with E-state index >= 15 is 0 Å². The highest BCUT2D eigenvalue weighted by Gasteiger charge is 2.38. The van der Waals surface area contributed by atoms with E-state index in [1.165, 1.54) is 24.8 Å². The second-order valence-electron chi connectivity index (χ2n) is 10.5. The number of hydrogen-bond donors (Lipinski definition) is 2. The van der Waals surface area contributed by atoms with Crippen LogP contribution >= 0.6 is 0 Å². The first-order chi connectivity index (χ1) is 20.5. The zero-order valence-electron chi connectivity index (χ0n) is 24.8. The second kappa shape index (κ2) is 15.0. The van der Waals surface area contributed by atoms with Crippen molar-refractivity contribution in [3.63, 3.8) is 0 Å². The summed E-state index contributed by atoms with van der Waals surface area (Å²) in [6.45, 7) is 6.59. The quantitative estimate of drug-likeness (QED) is 0.165. The molecular weight excluding hydrogens is 526 g/mol. The van der Waals surface area contributed by atoms with Crippen LogP contribution in [-0.2, 0) is 16.0 Å². The maximum Gasteiger partial charge on any atom is 0.338 e. The molecule has 0 bridgehead atoms. The molecule has 1 unspecified atom stereocenters. The van der Waals surface area contributed by atoms with Crippen molar-refractivity contribution in [2.45, 2.75) is 65.3 Å². The number of carbonyl (C=O) groups is 3. The number of aryl methyl sites for hydroxylation is 1. The lowest BCUT2D eigenvalue weighted by atomic mass is 9.91. The van der Waals surface area contributed by atoms with E-state index < -0.39 is 12.0 Å². The van der Waals surface area contributed by atoms with Crippen molar-refractivity contribution in [2.24, 2.45) is 0 Å². The second-order valence-corrected chi connectivity index (χ2v) is 10.5. The highest BCUT2D eigenvalue weighted by molar-refractivity contribution is 6.05. The number of esters is 1. The summed E-state index contributed by atoms with van der Waals surface area (Å²) in [7, 11) is 0. The Kier molecular flexibility index (Phi) is 10.9. The normalized spacial score (nSPS) is 14.9.